The zero-order valence-corrected chi connectivity index (χ0v) is 17.9. The molecule has 0 unspecified atom stereocenters. The number of hydrogen-bond acceptors (Lipinski definition) is 5. The highest BCUT2D eigenvalue weighted by atomic mass is 32.2. The lowest BCUT2D eigenvalue weighted by atomic mass is 9.88. The second kappa shape index (κ2) is 9.76. The molecule has 0 radical (unpaired) electrons. The third-order valence-electron chi connectivity index (χ3n) is 5.76. The minimum Gasteiger partial charge on any atom is -0.376 e. The molecule has 2 aliphatic rings. The maximum Gasteiger partial charge on any atom is 0.233 e. The van der Waals surface area contributed by atoms with E-state index in [0.29, 0.717) is 17.6 Å². The van der Waals surface area contributed by atoms with Gasteiger partial charge in [-0.25, -0.2) is 9.67 Å². The van der Waals surface area contributed by atoms with Crippen LogP contribution in [-0.2, 0) is 9.53 Å². The van der Waals surface area contributed by atoms with E-state index >= 15 is 0 Å². The molecule has 156 valence electrons. The Kier molecular flexibility index (Phi) is 6.87. The summed E-state index contributed by atoms with van der Waals surface area (Å²) >= 11 is 1.43. The number of thioether (sulfide) groups is 1. The van der Waals surface area contributed by atoms with Gasteiger partial charge < -0.3 is 10.1 Å². The van der Waals surface area contributed by atoms with Crippen LogP contribution in [0.2, 0.25) is 0 Å². The van der Waals surface area contributed by atoms with Crippen LogP contribution in [0.5, 0.6) is 0 Å². The normalized spacial score (nSPS) is 21.2. The summed E-state index contributed by atoms with van der Waals surface area (Å²) in [5.74, 6) is 1.49. The summed E-state index contributed by atoms with van der Waals surface area (Å²) in [6, 6.07) is 10.2. The molecule has 2 fully saturated rings. The van der Waals surface area contributed by atoms with E-state index in [2.05, 4.69) is 17.4 Å². The number of amides is 1. The predicted octanol–water partition coefficient (Wildman–Crippen LogP) is 4.09. The number of nitrogens with zero attached hydrogens (tertiary/aromatic N) is 3. The summed E-state index contributed by atoms with van der Waals surface area (Å²) in [7, 11) is 0. The number of carbonyl (C=O) groups excluding carboxylic acids is 1. The molecule has 1 aliphatic carbocycles. The summed E-state index contributed by atoms with van der Waals surface area (Å²) in [4.78, 5) is 17.4. The molecule has 29 heavy (non-hydrogen) atoms. The van der Waals surface area contributed by atoms with Crippen molar-refractivity contribution in [3.05, 3.63) is 36.2 Å². The van der Waals surface area contributed by atoms with Gasteiger partial charge in [-0.2, -0.15) is 0 Å². The number of carbonyl (C=O) groups is 1. The van der Waals surface area contributed by atoms with E-state index < -0.39 is 0 Å². The zero-order valence-electron chi connectivity index (χ0n) is 17.0. The summed E-state index contributed by atoms with van der Waals surface area (Å²) in [6.45, 7) is 3.30. The van der Waals surface area contributed by atoms with Crippen LogP contribution >= 0.6 is 11.8 Å². The zero-order chi connectivity index (χ0) is 20.1. The minimum atomic E-state index is -0.248. The van der Waals surface area contributed by atoms with Crippen molar-refractivity contribution in [2.75, 3.05) is 13.2 Å². The SMILES string of the molecule is C[C@H](Sc1nc(C2CCCCC2)n(-c2ccccc2)n1)C(=O)NC[C@H]1CCCO1. The van der Waals surface area contributed by atoms with Crippen molar-refractivity contribution in [3.8, 4) is 5.69 Å². The highest BCUT2D eigenvalue weighted by Crippen LogP contribution is 2.34. The third-order valence-corrected chi connectivity index (χ3v) is 6.71. The molecule has 1 N–H and O–H groups in total. The van der Waals surface area contributed by atoms with E-state index in [-0.39, 0.29) is 17.3 Å². The molecule has 1 aliphatic heterocycles. The molecule has 1 amide bonds. The van der Waals surface area contributed by atoms with Gasteiger partial charge in [0, 0.05) is 19.1 Å². The highest BCUT2D eigenvalue weighted by molar-refractivity contribution is 8.00. The van der Waals surface area contributed by atoms with Gasteiger partial charge in [0.1, 0.15) is 5.82 Å². The molecule has 1 saturated carbocycles. The van der Waals surface area contributed by atoms with Crippen molar-refractivity contribution >= 4 is 17.7 Å². The second-order valence-corrected chi connectivity index (χ2v) is 9.28. The standard InChI is InChI=1S/C22H30N4O2S/c1-16(21(27)23-15-19-13-8-14-28-19)29-22-24-20(17-9-4-2-5-10-17)26(25-22)18-11-6-3-7-12-18/h3,6-7,11-12,16-17,19H,2,4-5,8-10,13-15H2,1H3,(H,23,27)/t16-,19+/m0/s1. The summed E-state index contributed by atoms with van der Waals surface area (Å²) in [6.07, 6.45) is 8.38. The molecule has 0 spiro atoms. The van der Waals surface area contributed by atoms with Crippen LogP contribution < -0.4 is 5.32 Å². The van der Waals surface area contributed by atoms with Crippen molar-refractivity contribution in [2.24, 2.45) is 0 Å². The van der Waals surface area contributed by atoms with Crippen LogP contribution in [0, 0.1) is 0 Å². The number of ether oxygens (including phenoxy) is 1. The molecule has 2 atom stereocenters. The largest absolute Gasteiger partial charge is 0.376 e. The van der Waals surface area contributed by atoms with E-state index in [1.165, 1.54) is 31.0 Å². The topological polar surface area (TPSA) is 69.0 Å². The lowest BCUT2D eigenvalue weighted by Crippen LogP contribution is -2.36. The first-order valence-corrected chi connectivity index (χ1v) is 11.7. The van der Waals surface area contributed by atoms with Crippen LogP contribution in [0.1, 0.15) is 63.6 Å². The van der Waals surface area contributed by atoms with Crippen molar-refractivity contribution in [1.29, 1.82) is 0 Å². The molecule has 1 saturated heterocycles. The highest BCUT2D eigenvalue weighted by Gasteiger charge is 2.25. The Morgan fingerprint density at radius 3 is 2.72 bits per heavy atom. The first-order chi connectivity index (χ1) is 14.2. The van der Waals surface area contributed by atoms with Crippen LogP contribution in [0.25, 0.3) is 5.69 Å². The van der Waals surface area contributed by atoms with Crippen molar-refractivity contribution in [2.45, 2.75) is 74.3 Å². The van der Waals surface area contributed by atoms with Gasteiger partial charge in [0.2, 0.25) is 11.1 Å². The Balaban J connectivity index is 1.46. The van der Waals surface area contributed by atoms with Gasteiger partial charge >= 0.3 is 0 Å². The van der Waals surface area contributed by atoms with Gasteiger partial charge in [-0.05, 0) is 44.7 Å². The van der Waals surface area contributed by atoms with Crippen LogP contribution in [0.15, 0.2) is 35.5 Å². The fourth-order valence-corrected chi connectivity index (χ4v) is 4.90. The summed E-state index contributed by atoms with van der Waals surface area (Å²) in [5, 5.41) is 8.22. The van der Waals surface area contributed by atoms with Crippen molar-refractivity contribution in [1.82, 2.24) is 20.1 Å². The Morgan fingerprint density at radius 1 is 1.21 bits per heavy atom. The van der Waals surface area contributed by atoms with Crippen LogP contribution in [0.4, 0.5) is 0 Å². The number of benzene rings is 1. The average Bonchev–Trinajstić information content (AvgIpc) is 3.43. The van der Waals surface area contributed by atoms with Crippen LogP contribution in [0.3, 0.4) is 0 Å². The molecular weight excluding hydrogens is 384 g/mol. The maximum atomic E-state index is 12.5. The first kappa shape index (κ1) is 20.4. The van der Waals surface area contributed by atoms with E-state index in [0.717, 1.165) is 43.8 Å². The van der Waals surface area contributed by atoms with Gasteiger partial charge in [-0.1, -0.05) is 49.2 Å². The Labute approximate surface area is 176 Å². The Hall–Kier alpha value is -1.86. The van der Waals surface area contributed by atoms with E-state index in [1.807, 2.05) is 29.8 Å². The first-order valence-electron chi connectivity index (χ1n) is 10.8. The number of para-hydroxylation sites is 1. The summed E-state index contributed by atoms with van der Waals surface area (Å²) < 4.78 is 7.57. The van der Waals surface area contributed by atoms with E-state index in [9.17, 15) is 4.79 Å². The van der Waals surface area contributed by atoms with Gasteiger partial charge in [-0.15, -0.1) is 5.10 Å². The number of aromatic nitrogens is 3. The lowest BCUT2D eigenvalue weighted by Gasteiger charge is -2.21. The third kappa shape index (κ3) is 5.20. The van der Waals surface area contributed by atoms with Crippen molar-refractivity contribution in [3.63, 3.8) is 0 Å². The average molecular weight is 415 g/mol. The summed E-state index contributed by atoms with van der Waals surface area (Å²) in [5.41, 5.74) is 1.03. The minimum absolute atomic E-state index is 0.0146. The molecule has 1 aromatic carbocycles. The Bertz CT molecular complexity index is 798. The lowest BCUT2D eigenvalue weighted by molar-refractivity contribution is -0.120. The van der Waals surface area contributed by atoms with Gasteiger partial charge in [0.15, 0.2) is 0 Å². The molecule has 1 aromatic heterocycles. The smallest absolute Gasteiger partial charge is 0.233 e. The molecule has 6 nitrogen and oxygen atoms in total. The Morgan fingerprint density at radius 2 is 2.00 bits per heavy atom. The van der Waals surface area contributed by atoms with Gasteiger partial charge in [-0.3, -0.25) is 4.79 Å². The van der Waals surface area contributed by atoms with Crippen molar-refractivity contribution < 1.29 is 9.53 Å². The monoisotopic (exact) mass is 414 g/mol. The van der Waals surface area contributed by atoms with Gasteiger partial charge in [0.05, 0.1) is 17.0 Å². The fourth-order valence-electron chi connectivity index (χ4n) is 4.11. The van der Waals surface area contributed by atoms with Crippen LogP contribution in [-0.4, -0.2) is 45.2 Å². The molecule has 2 aromatic rings. The molecule has 2 heterocycles. The van der Waals surface area contributed by atoms with Gasteiger partial charge in [0.25, 0.3) is 0 Å². The quantitative estimate of drug-likeness (QED) is 0.691. The number of rotatable bonds is 7. The molecular formula is C22H30N4O2S. The second-order valence-electron chi connectivity index (χ2n) is 7.98. The molecule has 4 rings (SSSR count). The molecule has 7 heteroatoms. The number of nitrogens with one attached hydrogen (secondary N) is 1. The van der Waals surface area contributed by atoms with E-state index in [1.54, 1.807) is 0 Å². The maximum absolute atomic E-state index is 12.5. The van der Waals surface area contributed by atoms with E-state index in [4.69, 9.17) is 14.8 Å². The fraction of sp³-hybridized carbons (Fsp3) is 0.591. The number of hydrogen-bond donors (Lipinski definition) is 1. The predicted molar refractivity (Wildman–Crippen MR) is 114 cm³/mol. The molecule has 0 bridgehead atoms.